The van der Waals surface area contributed by atoms with Gasteiger partial charge >= 0.3 is 0 Å². The van der Waals surface area contributed by atoms with Crippen molar-refractivity contribution in [2.24, 2.45) is 5.73 Å². The number of carbonyl (C=O) groups is 1. The van der Waals surface area contributed by atoms with E-state index in [-0.39, 0.29) is 11.9 Å². The van der Waals surface area contributed by atoms with Crippen LogP contribution in [0.4, 0.5) is 0 Å². The highest BCUT2D eigenvalue weighted by Crippen LogP contribution is 2.33. The monoisotopic (exact) mass is 244 g/mol. The average molecular weight is 244 g/mol. The van der Waals surface area contributed by atoms with Crippen LogP contribution in [0.5, 0.6) is 0 Å². The van der Waals surface area contributed by atoms with Gasteiger partial charge in [-0.2, -0.15) is 0 Å². The van der Waals surface area contributed by atoms with Crippen molar-refractivity contribution in [3.8, 4) is 0 Å². The smallest absolute Gasteiger partial charge is 0.240 e. The zero-order valence-corrected chi connectivity index (χ0v) is 10.6. The van der Waals surface area contributed by atoms with Crippen LogP contribution < -0.4 is 11.1 Å². The van der Waals surface area contributed by atoms with Crippen molar-refractivity contribution in [1.29, 1.82) is 0 Å². The second kappa shape index (κ2) is 4.39. The molecule has 2 aliphatic rings. The number of benzene rings is 1. The van der Waals surface area contributed by atoms with Gasteiger partial charge in [-0.3, -0.25) is 4.79 Å². The Balaban J connectivity index is 1.76. The summed E-state index contributed by atoms with van der Waals surface area (Å²) in [5, 5.41) is 3.15. The summed E-state index contributed by atoms with van der Waals surface area (Å²) in [6.07, 6.45) is 6.01. The van der Waals surface area contributed by atoms with E-state index in [1.54, 1.807) is 0 Å². The molecule has 2 aliphatic carbocycles. The Hall–Kier alpha value is -1.35. The first-order valence-electron chi connectivity index (χ1n) is 6.87. The lowest BCUT2D eigenvalue weighted by Crippen LogP contribution is -2.59. The summed E-state index contributed by atoms with van der Waals surface area (Å²) in [5.41, 5.74) is 8.13. The minimum atomic E-state index is -0.591. The van der Waals surface area contributed by atoms with E-state index in [1.807, 2.05) is 6.07 Å². The first-order valence-corrected chi connectivity index (χ1v) is 6.87. The van der Waals surface area contributed by atoms with Crippen molar-refractivity contribution < 1.29 is 4.79 Å². The molecule has 1 fully saturated rings. The van der Waals surface area contributed by atoms with E-state index in [1.165, 1.54) is 11.1 Å². The van der Waals surface area contributed by atoms with Crippen molar-refractivity contribution in [3.63, 3.8) is 0 Å². The highest BCUT2D eigenvalue weighted by molar-refractivity contribution is 5.87. The summed E-state index contributed by atoms with van der Waals surface area (Å²) < 4.78 is 0. The summed E-state index contributed by atoms with van der Waals surface area (Å²) in [4.78, 5) is 12.2. The fourth-order valence-electron chi connectivity index (χ4n) is 2.99. The molecule has 3 heteroatoms. The third-order valence-electron chi connectivity index (χ3n) is 4.37. The highest BCUT2D eigenvalue weighted by atomic mass is 16.2. The number of hydrogen-bond acceptors (Lipinski definition) is 2. The molecule has 3 N–H and O–H groups in total. The molecule has 96 valence electrons. The van der Waals surface area contributed by atoms with Gasteiger partial charge in [0.05, 0.1) is 11.6 Å². The van der Waals surface area contributed by atoms with Crippen molar-refractivity contribution >= 4 is 5.91 Å². The number of hydrogen-bond donors (Lipinski definition) is 2. The second-order valence-corrected chi connectivity index (χ2v) is 5.63. The van der Waals surface area contributed by atoms with Gasteiger partial charge in [-0.25, -0.2) is 0 Å². The number of rotatable bonds is 2. The fourth-order valence-corrected chi connectivity index (χ4v) is 2.99. The summed E-state index contributed by atoms with van der Waals surface area (Å²) in [7, 11) is 0. The van der Waals surface area contributed by atoms with E-state index < -0.39 is 5.54 Å². The van der Waals surface area contributed by atoms with E-state index in [2.05, 4.69) is 23.5 Å². The molecule has 1 atom stereocenters. The van der Waals surface area contributed by atoms with E-state index in [0.29, 0.717) is 0 Å². The van der Waals surface area contributed by atoms with Crippen molar-refractivity contribution in [2.45, 2.75) is 50.1 Å². The Morgan fingerprint density at radius 2 is 2.06 bits per heavy atom. The Labute approximate surface area is 108 Å². The van der Waals surface area contributed by atoms with Crippen LogP contribution in [0.2, 0.25) is 0 Å². The van der Waals surface area contributed by atoms with E-state index >= 15 is 0 Å². The van der Waals surface area contributed by atoms with Crippen LogP contribution in [0.25, 0.3) is 0 Å². The molecule has 18 heavy (non-hydrogen) atoms. The average Bonchev–Trinajstić information content (AvgIpc) is 2.36. The van der Waals surface area contributed by atoms with Gasteiger partial charge < -0.3 is 11.1 Å². The number of amides is 1. The number of nitrogens with two attached hydrogens (primary N) is 1. The Morgan fingerprint density at radius 3 is 2.78 bits per heavy atom. The standard InChI is InChI=1S/C15H20N2O/c16-15(9-4-10-15)14(18)17-13-8-3-6-11-5-1-2-7-12(11)13/h1-2,5,7,13H,3-4,6,8-10,16H2,(H,17,18). The third kappa shape index (κ3) is 1.93. The van der Waals surface area contributed by atoms with Crippen LogP contribution in [0.3, 0.4) is 0 Å². The summed E-state index contributed by atoms with van der Waals surface area (Å²) in [6, 6.07) is 8.56. The zero-order chi connectivity index (χ0) is 12.6. The van der Waals surface area contributed by atoms with Crippen LogP contribution in [0, 0.1) is 0 Å². The first-order chi connectivity index (χ1) is 8.69. The quantitative estimate of drug-likeness (QED) is 0.836. The molecule has 0 bridgehead atoms. The molecule has 1 aromatic carbocycles. The lowest BCUT2D eigenvalue weighted by molar-refractivity contribution is -0.130. The van der Waals surface area contributed by atoms with Crippen molar-refractivity contribution in [2.75, 3.05) is 0 Å². The second-order valence-electron chi connectivity index (χ2n) is 5.63. The minimum Gasteiger partial charge on any atom is -0.348 e. The van der Waals surface area contributed by atoms with Crippen LogP contribution in [-0.2, 0) is 11.2 Å². The molecular weight excluding hydrogens is 224 g/mol. The normalized spacial score (nSPS) is 24.8. The molecule has 0 aromatic heterocycles. The van der Waals surface area contributed by atoms with E-state index in [0.717, 1.165) is 38.5 Å². The van der Waals surface area contributed by atoms with Gasteiger partial charge in [0.15, 0.2) is 0 Å². The van der Waals surface area contributed by atoms with Crippen molar-refractivity contribution in [3.05, 3.63) is 35.4 Å². The van der Waals surface area contributed by atoms with Gasteiger partial charge in [0.2, 0.25) is 5.91 Å². The van der Waals surface area contributed by atoms with Crippen LogP contribution >= 0.6 is 0 Å². The number of nitrogens with one attached hydrogen (secondary N) is 1. The predicted molar refractivity (Wildman–Crippen MR) is 71.0 cm³/mol. The molecule has 1 unspecified atom stereocenters. The lowest BCUT2D eigenvalue weighted by atomic mass is 9.76. The minimum absolute atomic E-state index is 0.0375. The summed E-state index contributed by atoms with van der Waals surface area (Å²) in [6.45, 7) is 0. The summed E-state index contributed by atoms with van der Waals surface area (Å²) in [5.74, 6) is 0.0375. The maximum Gasteiger partial charge on any atom is 0.240 e. The molecule has 0 aliphatic heterocycles. The third-order valence-corrected chi connectivity index (χ3v) is 4.37. The predicted octanol–water partition coefficient (Wildman–Crippen LogP) is 2.06. The molecule has 1 amide bonds. The maximum atomic E-state index is 12.2. The molecule has 0 spiro atoms. The topological polar surface area (TPSA) is 55.1 Å². The Kier molecular flexibility index (Phi) is 2.86. The molecular formula is C15H20N2O. The molecule has 0 heterocycles. The maximum absolute atomic E-state index is 12.2. The van der Waals surface area contributed by atoms with Gasteiger partial charge in [0.25, 0.3) is 0 Å². The van der Waals surface area contributed by atoms with Gasteiger partial charge in [-0.1, -0.05) is 24.3 Å². The molecule has 3 rings (SSSR count). The molecule has 0 saturated heterocycles. The summed E-state index contributed by atoms with van der Waals surface area (Å²) >= 11 is 0. The number of carbonyl (C=O) groups excluding carboxylic acids is 1. The van der Waals surface area contributed by atoms with Crippen LogP contribution in [-0.4, -0.2) is 11.4 Å². The fraction of sp³-hybridized carbons (Fsp3) is 0.533. The van der Waals surface area contributed by atoms with Crippen molar-refractivity contribution in [1.82, 2.24) is 5.32 Å². The highest BCUT2D eigenvalue weighted by Gasteiger charge is 2.41. The van der Waals surface area contributed by atoms with Gasteiger partial charge in [0.1, 0.15) is 0 Å². The lowest BCUT2D eigenvalue weighted by Gasteiger charge is -2.38. The molecule has 3 nitrogen and oxygen atoms in total. The van der Waals surface area contributed by atoms with Gasteiger partial charge in [-0.15, -0.1) is 0 Å². The number of fused-ring (bicyclic) bond motifs is 1. The van der Waals surface area contributed by atoms with Crippen LogP contribution in [0.15, 0.2) is 24.3 Å². The van der Waals surface area contributed by atoms with Gasteiger partial charge in [0, 0.05) is 0 Å². The SMILES string of the molecule is NC1(C(=O)NC2CCCc3ccccc32)CCC1. The first kappa shape index (κ1) is 11.7. The van der Waals surface area contributed by atoms with E-state index in [9.17, 15) is 4.79 Å². The Bertz CT molecular complexity index is 465. The molecule has 0 radical (unpaired) electrons. The van der Waals surface area contributed by atoms with Crippen LogP contribution in [0.1, 0.15) is 49.3 Å². The zero-order valence-electron chi connectivity index (χ0n) is 10.6. The van der Waals surface area contributed by atoms with E-state index in [4.69, 9.17) is 5.73 Å². The molecule has 1 saturated carbocycles. The largest absolute Gasteiger partial charge is 0.348 e. The Morgan fingerprint density at radius 1 is 1.28 bits per heavy atom. The number of aryl methyl sites for hydroxylation is 1. The molecule has 1 aromatic rings. The van der Waals surface area contributed by atoms with Gasteiger partial charge in [-0.05, 0) is 49.7 Å².